The summed E-state index contributed by atoms with van der Waals surface area (Å²) in [6.07, 6.45) is 0.272. The number of likely N-dealkylation sites (N-methyl/N-ethyl adjacent to an activating group) is 1. The van der Waals surface area contributed by atoms with Crippen LogP contribution in [0.2, 0.25) is 0 Å². The van der Waals surface area contributed by atoms with E-state index in [9.17, 15) is 24.0 Å². The van der Waals surface area contributed by atoms with Crippen molar-refractivity contribution in [3.8, 4) is 0 Å². The molecule has 1 saturated heterocycles. The van der Waals surface area contributed by atoms with Gasteiger partial charge < -0.3 is 15.0 Å². The zero-order chi connectivity index (χ0) is 21.8. The van der Waals surface area contributed by atoms with Crippen LogP contribution in [0.3, 0.4) is 0 Å². The number of benzene rings is 1. The Morgan fingerprint density at radius 2 is 1.76 bits per heavy atom. The lowest BCUT2D eigenvalue weighted by molar-refractivity contribution is -0.137. The lowest BCUT2D eigenvalue weighted by Gasteiger charge is -2.23. The first-order valence-electron chi connectivity index (χ1n) is 9.16. The highest BCUT2D eigenvalue weighted by atomic mass is 16.5. The molecule has 0 bridgehead atoms. The summed E-state index contributed by atoms with van der Waals surface area (Å²) < 4.78 is 5.01. The predicted octanol–water partition coefficient (Wildman–Crippen LogP) is 0.870. The minimum atomic E-state index is -0.771. The molecule has 156 valence electrons. The molecule has 0 aliphatic carbocycles. The maximum Gasteiger partial charge on any atom is 0.338 e. The van der Waals surface area contributed by atoms with Crippen LogP contribution in [-0.2, 0) is 23.9 Å². The van der Waals surface area contributed by atoms with Gasteiger partial charge in [-0.1, -0.05) is 6.07 Å². The van der Waals surface area contributed by atoms with Crippen molar-refractivity contribution < 1.29 is 28.7 Å². The van der Waals surface area contributed by atoms with E-state index >= 15 is 0 Å². The summed E-state index contributed by atoms with van der Waals surface area (Å²) in [7, 11) is 1.43. The highest BCUT2D eigenvalue weighted by molar-refractivity contribution is 6.20. The third kappa shape index (κ3) is 6.13. The third-order valence-electron chi connectivity index (χ3n) is 4.04. The summed E-state index contributed by atoms with van der Waals surface area (Å²) in [5.74, 6) is -2.29. The average Bonchev–Trinajstić information content (AvgIpc) is 2.96. The van der Waals surface area contributed by atoms with Gasteiger partial charge in [0.15, 0.2) is 6.61 Å². The normalized spacial score (nSPS) is 14.0. The molecule has 1 N–H and O–H groups in total. The van der Waals surface area contributed by atoms with Crippen LogP contribution in [0.25, 0.3) is 0 Å². The van der Waals surface area contributed by atoms with Crippen LogP contribution in [-0.4, -0.2) is 60.2 Å². The van der Waals surface area contributed by atoms with Gasteiger partial charge in [0.1, 0.15) is 0 Å². The second-order valence-electron chi connectivity index (χ2n) is 7.80. The molecular weight excluding hydrogens is 378 g/mol. The molecule has 0 unspecified atom stereocenters. The monoisotopic (exact) mass is 403 g/mol. The molecule has 9 heteroatoms. The van der Waals surface area contributed by atoms with Gasteiger partial charge in [-0.05, 0) is 39.0 Å². The quantitative estimate of drug-likeness (QED) is 0.557. The van der Waals surface area contributed by atoms with E-state index < -0.39 is 24.0 Å². The standard InChI is InChI=1S/C20H25N3O6/c1-20(2,3)21-15(24)11-22(4)18(27)12-29-19(28)13-6-5-7-14(10-13)23-16(25)8-9-17(23)26/h5-7,10H,8-9,11-12H2,1-4H3,(H,21,24). The van der Waals surface area contributed by atoms with E-state index in [-0.39, 0.29) is 48.4 Å². The van der Waals surface area contributed by atoms with Gasteiger partial charge in [0, 0.05) is 25.4 Å². The number of carbonyl (C=O) groups is 5. The second-order valence-corrected chi connectivity index (χ2v) is 7.80. The van der Waals surface area contributed by atoms with Crippen molar-refractivity contribution in [3.63, 3.8) is 0 Å². The Kier molecular flexibility index (Phi) is 6.73. The molecule has 9 nitrogen and oxygen atoms in total. The molecule has 0 saturated carbocycles. The highest BCUT2D eigenvalue weighted by Gasteiger charge is 2.30. The fourth-order valence-electron chi connectivity index (χ4n) is 2.72. The molecule has 0 spiro atoms. The summed E-state index contributed by atoms with van der Waals surface area (Å²) in [6, 6.07) is 5.90. The number of hydrogen-bond donors (Lipinski definition) is 1. The van der Waals surface area contributed by atoms with Gasteiger partial charge in [-0.25, -0.2) is 4.79 Å². The number of nitrogens with zero attached hydrogens (tertiary/aromatic N) is 2. The van der Waals surface area contributed by atoms with Crippen molar-refractivity contribution in [1.82, 2.24) is 10.2 Å². The van der Waals surface area contributed by atoms with E-state index in [4.69, 9.17) is 4.74 Å². The number of nitrogens with one attached hydrogen (secondary N) is 1. The number of amides is 4. The summed E-state index contributed by atoms with van der Waals surface area (Å²) in [5.41, 5.74) is -0.0264. The fraction of sp³-hybridized carbons (Fsp3) is 0.450. The van der Waals surface area contributed by atoms with E-state index in [1.807, 2.05) is 20.8 Å². The van der Waals surface area contributed by atoms with Crippen molar-refractivity contribution in [2.24, 2.45) is 0 Å². The van der Waals surface area contributed by atoms with E-state index in [1.54, 1.807) is 6.07 Å². The van der Waals surface area contributed by atoms with E-state index in [2.05, 4.69) is 5.32 Å². The molecule has 2 rings (SSSR count). The van der Waals surface area contributed by atoms with Gasteiger partial charge in [0.25, 0.3) is 5.91 Å². The van der Waals surface area contributed by atoms with Crippen molar-refractivity contribution in [1.29, 1.82) is 0 Å². The summed E-state index contributed by atoms with van der Waals surface area (Å²) in [4.78, 5) is 62.1. The Labute approximate surface area is 169 Å². The van der Waals surface area contributed by atoms with Crippen molar-refractivity contribution in [2.45, 2.75) is 39.2 Å². The Hall–Kier alpha value is -3.23. The Morgan fingerprint density at radius 1 is 1.14 bits per heavy atom. The summed E-state index contributed by atoms with van der Waals surface area (Å²) in [5, 5.41) is 2.74. The van der Waals surface area contributed by atoms with Crippen LogP contribution >= 0.6 is 0 Å². The number of imide groups is 1. The molecule has 1 aliphatic rings. The SMILES string of the molecule is CN(CC(=O)NC(C)(C)C)C(=O)COC(=O)c1cccc(N2C(=O)CCC2=O)c1. The first kappa shape index (κ1) is 22.1. The average molecular weight is 403 g/mol. The number of rotatable bonds is 6. The fourth-order valence-corrected chi connectivity index (χ4v) is 2.72. The topological polar surface area (TPSA) is 113 Å². The smallest absolute Gasteiger partial charge is 0.338 e. The molecule has 1 heterocycles. The number of esters is 1. The van der Waals surface area contributed by atoms with Crippen molar-refractivity contribution in [3.05, 3.63) is 29.8 Å². The van der Waals surface area contributed by atoms with Gasteiger partial charge in [-0.2, -0.15) is 0 Å². The summed E-state index contributed by atoms with van der Waals surface area (Å²) >= 11 is 0. The van der Waals surface area contributed by atoms with E-state index in [1.165, 1.54) is 25.2 Å². The zero-order valence-electron chi connectivity index (χ0n) is 17.0. The van der Waals surface area contributed by atoms with E-state index in [0.717, 1.165) is 9.80 Å². The molecule has 1 fully saturated rings. The molecule has 29 heavy (non-hydrogen) atoms. The predicted molar refractivity (Wildman–Crippen MR) is 104 cm³/mol. The maximum atomic E-state index is 12.3. The molecule has 0 radical (unpaired) electrons. The number of hydrogen-bond acceptors (Lipinski definition) is 6. The molecule has 1 aromatic rings. The highest BCUT2D eigenvalue weighted by Crippen LogP contribution is 2.23. The maximum absolute atomic E-state index is 12.3. The largest absolute Gasteiger partial charge is 0.452 e. The van der Waals surface area contributed by atoms with Crippen LogP contribution in [0.15, 0.2) is 24.3 Å². The van der Waals surface area contributed by atoms with Crippen molar-refractivity contribution >= 4 is 35.3 Å². The third-order valence-corrected chi connectivity index (χ3v) is 4.04. The molecule has 4 amide bonds. The van der Waals surface area contributed by atoms with Crippen LogP contribution < -0.4 is 10.2 Å². The van der Waals surface area contributed by atoms with E-state index in [0.29, 0.717) is 0 Å². The van der Waals surface area contributed by atoms with Crippen LogP contribution in [0.5, 0.6) is 0 Å². The zero-order valence-corrected chi connectivity index (χ0v) is 17.0. The molecular formula is C20H25N3O6. The number of carbonyl (C=O) groups excluding carboxylic acids is 5. The second kappa shape index (κ2) is 8.85. The van der Waals surface area contributed by atoms with Crippen molar-refractivity contribution in [2.75, 3.05) is 25.1 Å². The molecule has 0 atom stereocenters. The molecule has 1 aromatic carbocycles. The van der Waals surface area contributed by atoms with Gasteiger partial charge in [0.05, 0.1) is 17.8 Å². The number of anilines is 1. The van der Waals surface area contributed by atoms with Gasteiger partial charge in [0.2, 0.25) is 17.7 Å². The Bertz CT molecular complexity index is 827. The first-order chi connectivity index (χ1) is 13.5. The van der Waals surface area contributed by atoms with Gasteiger partial charge in [-0.15, -0.1) is 0 Å². The minimum Gasteiger partial charge on any atom is -0.452 e. The van der Waals surface area contributed by atoms with Crippen LogP contribution in [0.1, 0.15) is 44.0 Å². The van der Waals surface area contributed by atoms with Gasteiger partial charge >= 0.3 is 5.97 Å². The van der Waals surface area contributed by atoms with Gasteiger partial charge in [-0.3, -0.25) is 24.1 Å². The molecule has 1 aliphatic heterocycles. The minimum absolute atomic E-state index is 0.107. The summed E-state index contributed by atoms with van der Waals surface area (Å²) in [6.45, 7) is 4.77. The van der Waals surface area contributed by atoms with Crippen LogP contribution in [0, 0.1) is 0 Å². The van der Waals surface area contributed by atoms with Crippen LogP contribution in [0.4, 0.5) is 5.69 Å². The molecule has 0 aromatic heterocycles. The lowest BCUT2D eigenvalue weighted by Crippen LogP contribution is -2.46. The lowest BCUT2D eigenvalue weighted by atomic mass is 10.1. The first-order valence-corrected chi connectivity index (χ1v) is 9.16. The Morgan fingerprint density at radius 3 is 2.34 bits per heavy atom. The number of ether oxygens (including phenoxy) is 1. The Balaban J connectivity index is 1.93.